The fourth-order valence-electron chi connectivity index (χ4n) is 5.18. The van der Waals surface area contributed by atoms with Crippen molar-refractivity contribution < 1.29 is 14.3 Å². The molecule has 0 unspecified atom stereocenters. The third-order valence-electron chi connectivity index (χ3n) is 6.70. The second-order valence-corrected chi connectivity index (χ2v) is 9.14. The Kier molecular flexibility index (Phi) is 6.23. The average Bonchev–Trinajstić information content (AvgIpc) is 2.72. The SMILES string of the molecule is C[C@H]1CN(C(=O)C2CCN(C(=O)Cc3ccc4c(c3)CCCC4)CC2)C[C@H](C)O1. The highest BCUT2D eigenvalue weighted by Gasteiger charge is 2.33. The molecule has 2 aliphatic heterocycles. The minimum atomic E-state index is 0.0419. The summed E-state index contributed by atoms with van der Waals surface area (Å²) in [4.78, 5) is 29.6. The third kappa shape index (κ3) is 4.82. The number of carbonyl (C=O) groups excluding carboxylic acids is 2. The number of ether oxygens (including phenoxy) is 1. The number of amides is 2. The first-order valence-corrected chi connectivity index (χ1v) is 11.3. The van der Waals surface area contributed by atoms with Gasteiger partial charge < -0.3 is 14.5 Å². The summed E-state index contributed by atoms with van der Waals surface area (Å²) >= 11 is 0. The van der Waals surface area contributed by atoms with Crippen LogP contribution in [-0.2, 0) is 33.6 Å². The van der Waals surface area contributed by atoms with Gasteiger partial charge in [0, 0.05) is 32.1 Å². The molecule has 1 aromatic rings. The summed E-state index contributed by atoms with van der Waals surface area (Å²) in [5.74, 6) is 0.481. The van der Waals surface area contributed by atoms with Crippen molar-refractivity contribution in [1.82, 2.24) is 9.80 Å². The topological polar surface area (TPSA) is 49.9 Å². The van der Waals surface area contributed by atoms with E-state index in [2.05, 4.69) is 18.2 Å². The van der Waals surface area contributed by atoms with E-state index < -0.39 is 0 Å². The van der Waals surface area contributed by atoms with Gasteiger partial charge in [0.2, 0.25) is 11.8 Å². The van der Waals surface area contributed by atoms with Crippen LogP contribution in [0.5, 0.6) is 0 Å². The minimum absolute atomic E-state index is 0.0419. The molecule has 4 rings (SSSR count). The van der Waals surface area contributed by atoms with Crippen LogP contribution in [0.15, 0.2) is 18.2 Å². The molecule has 0 saturated carbocycles. The summed E-state index contributed by atoms with van der Waals surface area (Å²) in [5, 5.41) is 0. The van der Waals surface area contributed by atoms with Gasteiger partial charge in [-0.25, -0.2) is 0 Å². The number of nitrogens with zero attached hydrogens (tertiary/aromatic N) is 2. The Balaban J connectivity index is 1.29. The van der Waals surface area contributed by atoms with Gasteiger partial charge in [-0.1, -0.05) is 18.2 Å². The van der Waals surface area contributed by atoms with Crippen molar-refractivity contribution in [3.8, 4) is 0 Å². The number of hydrogen-bond acceptors (Lipinski definition) is 3. The number of carbonyl (C=O) groups is 2. The number of aryl methyl sites for hydroxylation is 2. The lowest BCUT2D eigenvalue weighted by Crippen LogP contribution is -2.51. The summed E-state index contributed by atoms with van der Waals surface area (Å²) in [7, 11) is 0. The van der Waals surface area contributed by atoms with Gasteiger partial charge in [0.05, 0.1) is 18.6 Å². The van der Waals surface area contributed by atoms with Crippen molar-refractivity contribution in [2.24, 2.45) is 5.92 Å². The predicted molar refractivity (Wildman–Crippen MR) is 113 cm³/mol. The van der Waals surface area contributed by atoms with Crippen molar-refractivity contribution in [1.29, 1.82) is 0 Å². The molecule has 3 aliphatic rings. The molecule has 158 valence electrons. The first-order valence-electron chi connectivity index (χ1n) is 11.3. The molecule has 0 spiro atoms. The van der Waals surface area contributed by atoms with Gasteiger partial charge in [-0.15, -0.1) is 0 Å². The van der Waals surface area contributed by atoms with Crippen molar-refractivity contribution in [2.75, 3.05) is 26.2 Å². The highest BCUT2D eigenvalue weighted by Crippen LogP contribution is 2.25. The zero-order valence-corrected chi connectivity index (χ0v) is 17.9. The zero-order chi connectivity index (χ0) is 20.4. The maximum Gasteiger partial charge on any atom is 0.226 e. The summed E-state index contributed by atoms with van der Waals surface area (Å²) in [5.41, 5.74) is 4.02. The zero-order valence-electron chi connectivity index (χ0n) is 17.9. The molecule has 1 aliphatic carbocycles. The van der Waals surface area contributed by atoms with Crippen molar-refractivity contribution in [3.05, 3.63) is 34.9 Å². The van der Waals surface area contributed by atoms with Crippen LogP contribution in [0.25, 0.3) is 0 Å². The van der Waals surface area contributed by atoms with E-state index in [9.17, 15) is 9.59 Å². The first kappa shape index (κ1) is 20.4. The quantitative estimate of drug-likeness (QED) is 0.787. The predicted octanol–water partition coefficient (Wildman–Crippen LogP) is 2.98. The molecule has 2 saturated heterocycles. The van der Waals surface area contributed by atoms with E-state index in [4.69, 9.17) is 4.74 Å². The molecular formula is C24H34N2O3. The van der Waals surface area contributed by atoms with Gasteiger partial charge in [0.1, 0.15) is 0 Å². The lowest BCUT2D eigenvalue weighted by Gasteiger charge is -2.39. The van der Waals surface area contributed by atoms with Crippen molar-refractivity contribution >= 4 is 11.8 Å². The number of benzene rings is 1. The molecule has 2 atom stereocenters. The largest absolute Gasteiger partial charge is 0.372 e. The Labute approximate surface area is 174 Å². The van der Waals surface area contributed by atoms with Gasteiger partial charge in [0.15, 0.2) is 0 Å². The maximum absolute atomic E-state index is 12.9. The van der Waals surface area contributed by atoms with Gasteiger partial charge in [-0.05, 0) is 69.1 Å². The molecule has 5 heteroatoms. The Hall–Kier alpha value is -1.88. The molecule has 1 aromatic carbocycles. The van der Waals surface area contributed by atoms with Crippen LogP contribution in [0, 0.1) is 5.92 Å². The molecule has 0 radical (unpaired) electrons. The number of hydrogen-bond donors (Lipinski definition) is 0. The van der Waals surface area contributed by atoms with E-state index in [1.54, 1.807) is 0 Å². The van der Waals surface area contributed by atoms with Crippen LogP contribution < -0.4 is 0 Å². The molecule has 0 bridgehead atoms. The number of likely N-dealkylation sites (tertiary alicyclic amines) is 1. The lowest BCUT2D eigenvalue weighted by molar-refractivity contribution is -0.150. The monoisotopic (exact) mass is 398 g/mol. The number of morpholine rings is 1. The molecule has 2 fully saturated rings. The highest BCUT2D eigenvalue weighted by atomic mass is 16.5. The van der Waals surface area contributed by atoms with E-state index in [0.717, 1.165) is 24.8 Å². The maximum atomic E-state index is 12.9. The van der Waals surface area contributed by atoms with Crippen LogP contribution in [0.3, 0.4) is 0 Å². The summed E-state index contributed by atoms with van der Waals surface area (Å²) in [6, 6.07) is 6.58. The van der Waals surface area contributed by atoms with Gasteiger partial charge in [0.25, 0.3) is 0 Å². The first-order chi connectivity index (χ1) is 14.0. The number of piperidine rings is 1. The Morgan fingerprint density at radius 3 is 2.31 bits per heavy atom. The Bertz CT molecular complexity index is 744. The highest BCUT2D eigenvalue weighted by molar-refractivity contribution is 5.81. The second-order valence-electron chi connectivity index (χ2n) is 9.14. The minimum Gasteiger partial charge on any atom is -0.372 e. The van der Waals surface area contributed by atoms with E-state index in [1.807, 2.05) is 23.6 Å². The summed E-state index contributed by atoms with van der Waals surface area (Å²) in [6.07, 6.45) is 7.07. The number of fused-ring (bicyclic) bond motifs is 1. The summed E-state index contributed by atoms with van der Waals surface area (Å²) < 4.78 is 5.75. The van der Waals surface area contributed by atoms with Crippen LogP contribution in [0.4, 0.5) is 0 Å². The smallest absolute Gasteiger partial charge is 0.226 e. The lowest BCUT2D eigenvalue weighted by atomic mass is 9.89. The Morgan fingerprint density at radius 2 is 1.62 bits per heavy atom. The fourth-order valence-corrected chi connectivity index (χ4v) is 5.18. The molecule has 5 nitrogen and oxygen atoms in total. The van der Waals surface area contributed by atoms with Crippen molar-refractivity contribution in [3.63, 3.8) is 0 Å². The van der Waals surface area contributed by atoms with E-state index in [-0.39, 0.29) is 29.9 Å². The normalized spacial score (nSPS) is 25.6. The van der Waals surface area contributed by atoms with Gasteiger partial charge in [-0.2, -0.15) is 0 Å². The summed E-state index contributed by atoms with van der Waals surface area (Å²) in [6.45, 7) is 6.79. The Morgan fingerprint density at radius 1 is 0.966 bits per heavy atom. The van der Waals surface area contributed by atoms with E-state index >= 15 is 0 Å². The van der Waals surface area contributed by atoms with Gasteiger partial charge in [-0.3, -0.25) is 9.59 Å². The third-order valence-corrected chi connectivity index (χ3v) is 6.70. The van der Waals surface area contributed by atoms with Crippen molar-refractivity contribution in [2.45, 2.75) is 71.0 Å². The molecule has 2 amide bonds. The number of rotatable bonds is 3. The molecule has 2 heterocycles. The standard InChI is InChI=1S/C24H34N2O3/c1-17-15-26(16-18(2)29-17)24(28)21-9-11-25(12-10-21)23(27)14-19-7-8-20-5-3-4-6-22(20)13-19/h7-8,13,17-18,21H,3-6,9-12,14-16H2,1-2H3/t17-,18-/m0/s1. The molecular weight excluding hydrogens is 364 g/mol. The van der Waals surface area contributed by atoms with Crippen LogP contribution in [-0.4, -0.2) is 60.0 Å². The van der Waals surface area contributed by atoms with Crippen LogP contribution in [0.2, 0.25) is 0 Å². The van der Waals surface area contributed by atoms with E-state index in [0.29, 0.717) is 32.6 Å². The molecule has 0 aromatic heterocycles. The average molecular weight is 399 g/mol. The molecule has 29 heavy (non-hydrogen) atoms. The van der Waals surface area contributed by atoms with Gasteiger partial charge >= 0.3 is 0 Å². The second kappa shape index (κ2) is 8.86. The van der Waals surface area contributed by atoms with Crippen LogP contribution >= 0.6 is 0 Å². The van der Waals surface area contributed by atoms with Crippen LogP contribution in [0.1, 0.15) is 56.2 Å². The molecule has 0 N–H and O–H groups in total. The van der Waals surface area contributed by atoms with E-state index in [1.165, 1.54) is 30.4 Å². The fraction of sp³-hybridized carbons (Fsp3) is 0.667.